The van der Waals surface area contributed by atoms with E-state index in [0.717, 1.165) is 20.5 Å². The number of nitrogens with zero attached hydrogens (tertiary/aromatic N) is 2. The van der Waals surface area contributed by atoms with E-state index in [4.69, 9.17) is 5.26 Å². The molecule has 2 aromatic carbocycles. The minimum absolute atomic E-state index is 0.559. The average molecular weight is 417 g/mol. The monoisotopic (exact) mass is 416 g/mol. The van der Waals surface area contributed by atoms with Crippen molar-refractivity contribution in [2.24, 2.45) is 4.36 Å². The van der Waals surface area contributed by atoms with Gasteiger partial charge in [0.15, 0.2) is 0 Å². The predicted molar refractivity (Wildman–Crippen MR) is 103 cm³/mol. The highest BCUT2D eigenvalue weighted by molar-refractivity contribution is 9.11. The van der Waals surface area contributed by atoms with Crippen LogP contribution < -0.4 is 0 Å². The van der Waals surface area contributed by atoms with Crippen molar-refractivity contribution in [2.45, 2.75) is 4.90 Å². The van der Waals surface area contributed by atoms with E-state index in [-0.39, 0.29) is 0 Å². The Hall–Kier alpha value is -1.94. The van der Waals surface area contributed by atoms with E-state index < -0.39 is 9.73 Å². The van der Waals surface area contributed by atoms with Crippen molar-refractivity contribution in [1.29, 1.82) is 5.26 Å². The van der Waals surface area contributed by atoms with Crippen molar-refractivity contribution in [1.82, 2.24) is 0 Å². The molecule has 0 N–H and O–H groups in total. The molecule has 0 bridgehead atoms. The van der Waals surface area contributed by atoms with E-state index >= 15 is 0 Å². The maximum absolute atomic E-state index is 12.3. The first-order valence-electron chi connectivity index (χ1n) is 7.07. The molecule has 0 aliphatic heterocycles. The molecule has 24 heavy (non-hydrogen) atoms. The molecular formula is C18H13BrN2OS2. The van der Waals surface area contributed by atoms with E-state index in [9.17, 15) is 4.21 Å². The van der Waals surface area contributed by atoms with Crippen LogP contribution >= 0.6 is 27.3 Å². The summed E-state index contributed by atoms with van der Waals surface area (Å²) in [6.07, 6.45) is 3.11. The third-order valence-corrected chi connectivity index (χ3v) is 6.82. The number of benzene rings is 2. The maximum Gasteiger partial charge on any atom is 0.214 e. The van der Waals surface area contributed by atoms with Gasteiger partial charge in [-0.1, -0.05) is 42.5 Å². The lowest BCUT2D eigenvalue weighted by Crippen LogP contribution is -1.96. The summed E-state index contributed by atoms with van der Waals surface area (Å²) in [5.74, 6) is 0. The number of thiophene rings is 1. The Labute approximate surface area is 153 Å². The van der Waals surface area contributed by atoms with Crippen molar-refractivity contribution in [2.75, 3.05) is 6.26 Å². The van der Waals surface area contributed by atoms with Crippen molar-refractivity contribution < 1.29 is 4.21 Å². The lowest BCUT2D eigenvalue weighted by Gasteiger charge is -2.06. The van der Waals surface area contributed by atoms with Crippen LogP contribution in [0.1, 0.15) is 0 Å². The van der Waals surface area contributed by atoms with E-state index in [2.05, 4.69) is 38.5 Å². The highest BCUT2D eigenvalue weighted by Gasteiger charge is 2.13. The van der Waals surface area contributed by atoms with Gasteiger partial charge in [0.2, 0.25) is 6.19 Å². The zero-order chi connectivity index (χ0) is 17.2. The first kappa shape index (κ1) is 16.9. The fraction of sp³-hybridized carbons (Fsp3) is 0.0556. The van der Waals surface area contributed by atoms with Crippen molar-refractivity contribution >= 4 is 37.0 Å². The zero-order valence-corrected chi connectivity index (χ0v) is 16.0. The van der Waals surface area contributed by atoms with Crippen LogP contribution in [-0.4, -0.2) is 10.5 Å². The quantitative estimate of drug-likeness (QED) is 0.507. The Morgan fingerprint density at radius 2 is 1.75 bits per heavy atom. The molecule has 0 amide bonds. The molecule has 1 heterocycles. The summed E-state index contributed by atoms with van der Waals surface area (Å²) < 4.78 is 16.9. The predicted octanol–water partition coefficient (Wildman–Crippen LogP) is 5.78. The molecular weight excluding hydrogens is 404 g/mol. The summed E-state index contributed by atoms with van der Waals surface area (Å²) in [6.45, 7) is 0. The molecule has 1 unspecified atom stereocenters. The maximum atomic E-state index is 12.3. The van der Waals surface area contributed by atoms with Gasteiger partial charge in [-0.3, -0.25) is 0 Å². The highest BCUT2D eigenvalue weighted by atomic mass is 79.9. The van der Waals surface area contributed by atoms with Gasteiger partial charge in [-0.25, -0.2) is 4.21 Å². The molecule has 120 valence electrons. The molecule has 0 saturated carbocycles. The molecule has 0 spiro atoms. The molecule has 0 radical (unpaired) electrons. The largest absolute Gasteiger partial charge is 0.244 e. The van der Waals surface area contributed by atoms with Gasteiger partial charge in [0.25, 0.3) is 0 Å². The van der Waals surface area contributed by atoms with Gasteiger partial charge in [0.1, 0.15) is 0 Å². The second kappa shape index (κ2) is 6.89. The van der Waals surface area contributed by atoms with Gasteiger partial charge < -0.3 is 0 Å². The molecule has 3 rings (SSSR count). The van der Waals surface area contributed by atoms with Crippen LogP contribution in [0.4, 0.5) is 0 Å². The molecule has 0 aliphatic carbocycles. The molecule has 0 saturated heterocycles. The van der Waals surface area contributed by atoms with Gasteiger partial charge in [-0.05, 0) is 45.3 Å². The van der Waals surface area contributed by atoms with Gasteiger partial charge in [-0.2, -0.15) is 5.26 Å². The Morgan fingerprint density at radius 1 is 1.08 bits per heavy atom. The standard InChI is InChI=1S/C18H13BrN2OS2/c1-24(22,21-12-20)15-9-7-13(8-10-15)16-11-17(19)23-18(16)14-5-3-2-4-6-14/h2-11H,1H3. The second-order valence-corrected chi connectivity index (χ2v) is 9.87. The molecule has 6 heteroatoms. The Balaban J connectivity index is 2.07. The molecule has 3 nitrogen and oxygen atoms in total. The Bertz CT molecular complexity index is 1030. The molecule has 0 aliphatic rings. The van der Waals surface area contributed by atoms with Gasteiger partial charge in [0.05, 0.1) is 13.5 Å². The summed E-state index contributed by atoms with van der Waals surface area (Å²) in [7, 11) is -2.66. The third kappa shape index (κ3) is 3.44. The number of nitriles is 1. The van der Waals surface area contributed by atoms with Gasteiger partial charge in [-0.15, -0.1) is 15.7 Å². The van der Waals surface area contributed by atoms with Crippen LogP contribution in [0.2, 0.25) is 0 Å². The molecule has 3 aromatic rings. The van der Waals surface area contributed by atoms with Gasteiger partial charge in [0, 0.05) is 21.6 Å². The van der Waals surface area contributed by atoms with Crippen molar-refractivity contribution in [3.63, 3.8) is 0 Å². The number of halogens is 1. The van der Waals surface area contributed by atoms with Crippen molar-refractivity contribution in [3.8, 4) is 27.8 Å². The number of rotatable bonds is 3. The SMILES string of the molecule is CS(=O)(=NC#N)c1ccc(-c2cc(Br)sc2-c2ccccc2)cc1. The normalized spacial score (nSPS) is 13.0. The number of hydrogen-bond donors (Lipinski definition) is 0. The van der Waals surface area contributed by atoms with Crippen LogP contribution in [0.5, 0.6) is 0 Å². The van der Waals surface area contributed by atoms with E-state index in [1.807, 2.05) is 30.3 Å². The van der Waals surface area contributed by atoms with E-state index in [1.54, 1.807) is 29.7 Å². The highest BCUT2D eigenvalue weighted by Crippen LogP contribution is 2.41. The summed E-state index contributed by atoms with van der Waals surface area (Å²) in [5.41, 5.74) is 3.31. The minimum Gasteiger partial charge on any atom is -0.244 e. The Kier molecular flexibility index (Phi) is 4.86. The smallest absolute Gasteiger partial charge is 0.214 e. The second-order valence-electron chi connectivity index (χ2n) is 5.18. The summed E-state index contributed by atoms with van der Waals surface area (Å²) in [4.78, 5) is 1.73. The zero-order valence-electron chi connectivity index (χ0n) is 12.8. The van der Waals surface area contributed by atoms with Crippen LogP contribution in [0, 0.1) is 11.5 Å². The lowest BCUT2D eigenvalue weighted by atomic mass is 10.0. The topological polar surface area (TPSA) is 53.2 Å². The molecule has 0 fully saturated rings. The summed E-state index contributed by atoms with van der Waals surface area (Å²) in [5, 5.41) is 8.66. The van der Waals surface area contributed by atoms with Crippen LogP contribution in [0.25, 0.3) is 21.6 Å². The van der Waals surface area contributed by atoms with Gasteiger partial charge >= 0.3 is 0 Å². The van der Waals surface area contributed by atoms with E-state index in [1.165, 1.54) is 11.1 Å². The Morgan fingerprint density at radius 3 is 2.38 bits per heavy atom. The minimum atomic E-state index is -2.66. The number of hydrogen-bond acceptors (Lipinski definition) is 4. The van der Waals surface area contributed by atoms with Crippen molar-refractivity contribution in [3.05, 3.63) is 64.5 Å². The van der Waals surface area contributed by atoms with Crippen LogP contribution in [0.15, 0.2) is 73.7 Å². The molecule has 1 atom stereocenters. The third-order valence-electron chi connectivity index (χ3n) is 3.56. The molecule has 1 aromatic heterocycles. The first-order valence-corrected chi connectivity index (χ1v) is 10.6. The fourth-order valence-corrected chi connectivity index (χ4v) is 4.93. The van der Waals surface area contributed by atoms with Crippen LogP contribution in [-0.2, 0) is 9.73 Å². The summed E-state index contributed by atoms with van der Waals surface area (Å²) >= 11 is 5.24. The summed E-state index contributed by atoms with van der Waals surface area (Å²) in [6, 6.07) is 19.7. The van der Waals surface area contributed by atoms with E-state index in [0.29, 0.717) is 4.90 Å². The van der Waals surface area contributed by atoms with Crippen LogP contribution in [0.3, 0.4) is 0 Å². The lowest BCUT2D eigenvalue weighted by molar-refractivity contribution is 0.681. The first-order chi connectivity index (χ1) is 11.5. The fourth-order valence-electron chi connectivity index (χ4n) is 2.40. The average Bonchev–Trinajstić information content (AvgIpc) is 2.98.